The van der Waals surface area contributed by atoms with Crippen LogP contribution in [0.15, 0.2) is 109 Å². The summed E-state index contributed by atoms with van der Waals surface area (Å²) in [4.78, 5) is 29.7. The highest BCUT2D eigenvalue weighted by molar-refractivity contribution is 6.12. The van der Waals surface area contributed by atoms with Gasteiger partial charge in [0.2, 0.25) is 0 Å². The minimum atomic E-state index is -1.00. The molecule has 4 aromatic carbocycles. The smallest absolute Gasteiger partial charge is 0.326 e. The number of ketones is 1. The number of rotatable bonds is 10. The van der Waals surface area contributed by atoms with Gasteiger partial charge in [0.15, 0.2) is 5.78 Å². The van der Waals surface area contributed by atoms with E-state index >= 15 is 0 Å². The van der Waals surface area contributed by atoms with Crippen molar-refractivity contribution in [3.8, 4) is 5.75 Å². The highest BCUT2D eigenvalue weighted by atomic mass is 16.5. The Labute approximate surface area is 226 Å². The lowest BCUT2D eigenvalue weighted by Crippen LogP contribution is -2.32. The maximum Gasteiger partial charge on any atom is 0.326 e. The molecule has 0 aliphatic rings. The molecule has 0 spiro atoms. The molecule has 194 valence electrons. The van der Waals surface area contributed by atoms with E-state index in [1.165, 1.54) is 0 Å². The maximum absolute atomic E-state index is 13.1. The van der Waals surface area contributed by atoms with Gasteiger partial charge >= 0.3 is 5.97 Å². The number of nitrogens with one attached hydrogen (secondary N) is 1. The van der Waals surface area contributed by atoms with E-state index in [1.807, 2.05) is 55.5 Å². The number of carbonyl (C=O) groups is 2. The van der Waals surface area contributed by atoms with Crippen LogP contribution in [0.3, 0.4) is 0 Å². The standard InChI is InChI=1S/C33H28N2O4/c1-22-11-15-26-19-24(14-18-29(26)34-22)21-39-27-16-12-23(13-17-27)20-31(33(37)38)35-30-10-6-5-9-28(30)32(36)25-7-3-2-4-8-25/h2-19,31,35H,20-21H2,1H3,(H,37,38)/t31-/m0/s1. The number of hydrogen-bond donors (Lipinski definition) is 2. The molecule has 1 atom stereocenters. The van der Waals surface area contributed by atoms with E-state index in [0.717, 1.165) is 27.7 Å². The number of ether oxygens (including phenoxy) is 1. The second kappa shape index (κ2) is 11.6. The van der Waals surface area contributed by atoms with Crippen molar-refractivity contribution in [2.24, 2.45) is 0 Å². The van der Waals surface area contributed by atoms with Crippen molar-refractivity contribution < 1.29 is 19.4 Å². The van der Waals surface area contributed by atoms with Crippen molar-refractivity contribution in [3.63, 3.8) is 0 Å². The molecule has 0 saturated carbocycles. The summed E-state index contributed by atoms with van der Waals surface area (Å²) in [5.41, 5.74) is 5.27. The zero-order valence-electron chi connectivity index (χ0n) is 21.5. The Kier molecular flexibility index (Phi) is 7.64. The normalized spacial score (nSPS) is 11.6. The Morgan fingerprint density at radius 1 is 0.846 bits per heavy atom. The number of anilines is 1. The van der Waals surface area contributed by atoms with Crippen LogP contribution in [-0.2, 0) is 17.8 Å². The number of aromatic nitrogens is 1. The van der Waals surface area contributed by atoms with Crippen molar-refractivity contribution >= 4 is 28.3 Å². The summed E-state index contributed by atoms with van der Waals surface area (Å²) < 4.78 is 5.96. The van der Waals surface area contributed by atoms with E-state index in [1.54, 1.807) is 48.5 Å². The van der Waals surface area contributed by atoms with Gasteiger partial charge in [0.1, 0.15) is 18.4 Å². The Morgan fingerprint density at radius 3 is 2.33 bits per heavy atom. The molecule has 0 bridgehead atoms. The molecule has 0 aliphatic heterocycles. The van der Waals surface area contributed by atoms with Crippen molar-refractivity contribution in [1.82, 2.24) is 4.98 Å². The topological polar surface area (TPSA) is 88.5 Å². The number of carbonyl (C=O) groups excluding carboxylic acids is 1. The summed E-state index contributed by atoms with van der Waals surface area (Å²) in [7, 11) is 0. The Bertz CT molecular complexity index is 1610. The second-order valence-electron chi connectivity index (χ2n) is 9.39. The average molecular weight is 517 g/mol. The first-order valence-corrected chi connectivity index (χ1v) is 12.7. The number of aliphatic carboxylic acids is 1. The van der Waals surface area contributed by atoms with Gasteiger partial charge in [-0.05, 0) is 60.5 Å². The number of carboxylic acid groups (broad SMARTS) is 1. The van der Waals surface area contributed by atoms with Gasteiger partial charge in [-0.3, -0.25) is 9.78 Å². The van der Waals surface area contributed by atoms with Crippen LogP contribution >= 0.6 is 0 Å². The number of benzene rings is 4. The lowest BCUT2D eigenvalue weighted by atomic mass is 10.00. The molecule has 2 N–H and O–H groups in total. The number of pyridine rings is 1. The molecule has 1 heterocycles. The molecule has 0 radical (unpaired) electrons. The minimum absolute atomic E-state index is 0.165. The molecule has 0 saturated heterocycles. The van der Waals surface area contributed by atoms with Crippen molar-refractivity contribution in [2.45, 2.75) is 26.0 Å². The molecule has 5 aromatic rings. The molecular weight excluding hydrogens is 488 g/mol. The fourth-order valence-corrected chi connectivity index (χ4v) is 4.43. The predicted molar refractivity (Wildman–Crippen MR) is 152 cm³/mol. The summed E-state index contributed by atoms with van der Waals surface area (Å²) >= 11 is 0. The van der Waals surface area contributed by atoms with Crippen molar-refractivity contribution in [3.05, 3.63) is 137 Å². The minimum Gasteiger partial charge on any atom is -0.489 e. The number of aryl methyl sites for hydroxylation is 1. The third-order valence-corrected chi connectivity index (χ3v) is 6.50. The quantitative estimate of drug-likeness (QED) is 0.207. The molecule has 0 amide bonds. The number of hydrogen-bond acceptors (Lipinski definition) is 5. The van der Waals surface area contributed by atoms with Crippen LogP contribution in [-0.4, -0.2) is 27.9 Å². The van der Waals surface area contributed by atoms with E-state index in [2.05, 4.69) is 22.4 Å². The van der Waals surface area contributed by atoms with Crippen LogP contribution in [0.1, 0.15) is 32.7 Å². The lowest BCUT2D eigenvalue weighted by Gasteiger charge is -2.18. The summed E-state index contributed by atoms with van der Waals surface area (Å²) in [6.07, 6.45) is 0.237. The van der Waals surface area contributed by atoms with Crippen LogP contribution < -0.4 is 10.1 Å². The zero-order chi connectivity index (χ0) is 27.2. The van der Waals surface area contributed by atoms with Gasteiger partial charge in [0.05, 0.1) is 5.52 Å². The third-order valence-electron chi connectivity index (χ3n) is 6.50. The van der Waals surface area contributed by atoms with Crippen molar-refractivity contribution in [1.29, 1.82) is 0 Å². The summed E-state index contributed by atoms with van der Waals surface area (Å²) in [6.45, 7) is 2.38. The molecule has 39 heavy (non-hydrogen) atoms. The van der Waals surface area contributed by atoms with Gasteiger partial charge < -0.3 is 15.2 Å². The first-order chi connectivity index (χ1) is 19.0. The van der Waals surface area contributed by atoms with Gasteiger partial charge in [-0.1, -0.05) is 66.7 Å². The first kappa shape index (κ1) is 25.7. The molecule has 0 aliphatic carbocycles. The molecule has 6 nitrogen and oxygen atoms in total. The Hall–Kier alpha value is -4.97. The van der Waals surface area contributed by atoms with Gasteiger partial charge in [-0.25, -0.2) is 4.79 Å². The molecule has 0 fully saturated rings. The largest absolute Gasteiger partial charge is 0.489 e. The number of carboxylic acids is 1. The maximum atomic E-state index is 13.1. The summed E-state index contributed by atoms with van der Waals surface area (Å²) in [6, 6.07) is 32.5. The van der Waals surface area contributed by atoms with Crippen molar-refractivity contribution in [2.75, 3.05) is 5.32 Å². The van der Waals surface area contributed by atoms with Crippen LogP contribution in [0.2, 0.25) is 0 Å². The number of fused-ring (bicyclic) bond motifs is 1. The van der Waals surface area contributed by atoms with E-state index < -0.39 is 12.0 Å². The summed E-state index contributed by atoms with van der Waals surface area (Å²) in [5.74, 6) is -0.472. The van der Waals surface area contributed by atoms with Crippen LogP contribution in [0.4, 0.5) is 5.69 Å². The number of para-hydroxylation sites is 1. The van der Waals surface area contributed by atoms with Gasteiger partial charge in [-0.2, -0.15) is 0 Å². The Balaban J connectivity index is 1.24. The van der Waals surface area contributed by atoms with Gasteiger partial charge in [-0.15, -0.1) is 0 Å². The number of nitrogens with zero attached hydrogens (tertiary/aromatic N) is 1. The molecule has 6 heteroatoms. The fraction of sp³-hybridized carbons (Fsp3) is 0.121. The first-order valence-electron chi connectivity index (χ1n) is 12.7. The molecular formula is C33H28N2O4. The lowest BCUT2D eigenvalue weighted by molar-refractivity contribution is -0.137. The summed E-state index contributed by atoms with van der Waals surface area (Å²) in [5, 5.41) is 14.1. The monoisotopic (exact) mass is 516 g/mol. The van der Waals surface area contributed by atoms with Crippen LogP contribution in [0.25, 0.3) is 10.9 Å². The van der Waals surface area contributed by atoms with Gasteiger partial charge in [0.25, 0.3) is 0 Å². The van der Waals surface area contributed by atoms with E-state index in [0.29, 0.717) is 29.2 Å². The van der Waals surface area contributed by atoms with Crippen LogP contribution in [0.5, 0.6) is 5.75 Å². The van der Waals surface area contributed by atoms with Gasteiger partial charge in [0, 0.05) is 34.3 Å². The Morgan fingerprint density at radius 2 is 1.56 bits per heavy atom. The predicted octanol–water partition coefficient (Wildman–Crippen LogP) is 6.46. The fourth-order valence-electron chi connectivity index (χ4n) is 4.43. The SMILES string of the molecule is Cc1ccc2cc(COc3ccc(C[C@H](Nc4ccccc4C(=O)c4ccccc4)C(=O)O)cc3)ccc2n1. The van der Waals surface area contributed by atoms with E-state index in [9.17, 15) is 14.7 Å². The van der Waals surface area contributed by atoms with E-state index in [4.69, 9.17) is 4.74 Å². The zero-order valence-corrected chi connectivity index (χ0v) is 21.5. The average Bonchev–Trinajstić information content (AvgIpc) is 2.96. The highest BCUT2D eigenvalue weighted by Crippen LogP contribution is 2.22. The third kappa shape index (κ3) is 6.30. The highest BCUT2D eigenvalue weighted by Gasteiger charge is 2.21. The molecule has 5 rings (SSSR count). The molecule has 1 aromatic heterocycles. The van der Waals surface area contributed by atoms with Crippen LogP contribution in [0, 0.1) is 6.92 Å². The second-order valence-corrected chi connectivity index (χ2v) is 9.39. The van der Waals surface area contributed by atoms with E-state index in [-0.39, 0.29) is 12.2 Å². The molecule has 0 unspecified atom stereocenters.